The maximum atomic E-state index is 13.3. The van der Waals surface area contributed by atoms with Crippen LogP contribution in [0.3, 0.4) is 0 Å². The molecule has 0 atom stereocenters. The van der Waals surface area contributed by atoms with Crippen LogP contribution in [0.1, 0.15) is 12.0 Å². The van der Waals surface area contributed by atoms with E-state index in [1.165, 1.54) is 7.05 Å². The molecule has 1 rings (SSSR count). The van der Waals surface area contributed by atoms with Gasteiger partial charge in [-0.2, -0.15) is 0 Å². The van der Waals surface area contributed by atoms with Crippen LogP contribution < -0.4 is 5.73 Å². The third-order valence-corrected chi connectivity index (χ3v) is 2.43. The molecule has 0 aliphatic rings. The Morgan fingerprint density at radius 2 is 2.00 bits per heavy atom. The van der Waals surface area contributed by atoms with Crippen molar-refractivity contribution >= 4 is 11.8 Å². The molecule has 4 nitrogen and oxygen atoms in total. The van der Waals surface area contributed by atoms with E-state index in [2.05, 4.69) is 0 Å². The molecule has 0 saturated heterocycles. The fourth-order valence-corrected chi connectivity index (χ4v) is 1.49. The summed E-state index contributed by atoms with van der Waals surface area (Å²) in [5.41, 5.74) is 5.08. The monoisotopic (exact) mass is 256 g/mol. The fourth-order valence-electron chi connectivity index (χ4n) is 1.49. The molecule has 6 heteroatoms. The number of nitrogens with two attached hydrogens (primary N) is 1. The van der Waals surface area contributed by atoms with Gasteiger partial charge in [0.05, 0.1) is 6.54 Å². The van der Waals surface area contributed by atoms with Gasteiger partial charge in [0, 0.05) is 13.5 Å². The van der Waals surface area contributed by atoms with Crippen LogP contribution in [-0.2, 0) is 16.0 Å². The van der Waals surface area contributed by atoms with Crippen molar-refractivity contribution in [2.45, 2.75) is 12.8 Å². The Hall–Kier alpha value is -1.98. The number of primary amides is 1. The number of halogens is 2. The van der Waals surface area contributed by atoms with Gasteiger partial charge in [0.25, 0.3) is 0 Å². The van der Waals surface area contributed by atoms with E-state index in [1.54, 1.807) is 0 Å². The lowest BCUT2D eigenvalue weighted by molar-refractivity contribution is -0.133. The average molecular weight is 256 g/mol. The minimum atomic E-state index is -0.622. The highest BCUT2D eigenvalue weighted by Crippen LogP contribution is 2.12. The van der Waals surface area contributed by atoms with E-state index in [-0.39, 0.29) is 30.9 Å². The Labute approximate surface area is 103 Å². The van der Waals surface area contributed by atoms with E-state index in [9.17, 15) is 18.4 Å². The van der Waals surface area contributed by atoms with Gasteiger partial charge in [-0.05, 0) is 30.2 Å². The molecular formula is C12H14F2N2O2. The quantitative estimate of drug-likeness (QED) is 0.848. The summed E-state index contributed by atoms with van der Waals surface area (Å²) in [6.45, 7) is -0.190. The van der Waals surface area contributed by atoms with Gasteiger partial charge in [-0.15, -0.1) is 0 Å². The second-order valence-corrected chi connectivity index (χ2v) is 3.95. The summed E-state index contributed by atoms with van der Waals surface area (Å²) >= 11 is 0. The number of hydrogen-bond donors (Lipinski definition) is 1. The van der Waals surface area contributed by atoms with Gasteiger partial charge in [0.2, 0.25) is 11.8 Å². The molecule has 1 aromatic rings. The van der Waals surface area contributed by atoms with Crippen molar-refractivity contribution in [3.8, 4) is 0 Å². The smallest absolute Gasteiger partial charge is 0.237 e. The largest absolute Gasteiger partial charge is 0.368 e. The standard InChI is InChI=1S/C12H14F2N2O2/c1-16(7-11(15)17)12(18)5-2-8-6-9(13)3-4-10(8)14/h3-4,6H,2,5,7H2,1H3,(H2,15,17). The van der Waals surface area contributed by atoms with Crippen LogP contribution in [0.2, 0.25) is 0 Å². The predicted octanol–water partition coefficient (Wildman–Crippen LogP) is 0.841. The van der Waals surface area contributed by atoms with Crippen molar-refractivity contribution in [3.63, 3.8) is 0 Å². The maximum absolute atomic E-state index is 13.3. The first-order chi connectivity index (χ1) is 8.40. The molecule has 0 unspecified atom stereocenters. The summed E-state index contributed by atoms with van der Waals surface area (Å²) < 4.78 is 26.1. The second kappa shape index (κ2) is 6.09. The molecule has 0 radical (unpaired) electrons. The molecule has 0 aromatic heterocycles. The van der Waals surface area contributed by atoms with Crippen molar-refractivity contribution in [1.82, 2.24) is 4.90 Å². The number of rotatable bonds is 5. The van der Waals surface area contributed by atoms with E-state index in [0.29, 0.717) is 0 Å². The molecule has 0 heterocycles. The highest BCUT2D eigenvalue weighted by molar-refractivity contribution is 5.83. The number of carbonyl (C=O) groups excluding carboxylic acids is 2. The van der Waals surface area contributed by atoms with E-state index < -0.39 is 17.5 Å². The summed E-state index contributed by atoms with van der Waals surface area (Å²) in [7, 11) is 1.43. The minimum absolute atomic E-state index is 0.00977. The van der Waals surface area contributed by atoms with Gasteiger partial charge in [0.1, 0.15) is 11.6 Å². The van der Waals surface area contributed by atoms with Crippen LogP contribution in [0.5, 0.6) is 0 Å². The number of benzene rings is 1. The summed E-state index contributed by atoms with van der Waals surface area (Å²) in [6.07, 6.45) is 0.0652. The zero-order chi connectivity index (χ0) is 13.7. The van der Waals surface area contributed by atoms with Crippen molar-refractivity contribution in [3.05, 3.63) is 35.4 Å². The van der Waals surface area contributed by atoms with Crippen molar-refractivity contribution in [1.29, 1.82) is 0 Å². The van der Waals surface area contributed by atoms with Gasteiger partial charge in [-0.25, -0.2) is 8.78 Å². The molecule has 0 spiro atoms. The van der Waals surface area contributed by atoms with E-state index in [4.69, 9.17) is 5.73 Å². The third kappa shape index (κ3) is 4.12. The average Bonchev–Trinajstić information content (AvgIpc) is 2.29. The summed E-state index contributed by atoms with van der Waals surface area (Å²) in [4.78, 5) is 23.3. The Kier molecular flexibility index (Phi) is 4.76. The van der Waals surface area contributed by atoms with E-state index in [1.807, 2.05) is 0 Å². The van der Waals surface area contributed by atoms with Crippen LogP contribution in [0.15, 0.2) is 18.2 Å². The molecule has 2 amide bonds. The second-order valence-electron chi connectivity index (χ2n) is 3.95. The zero-order valence-corrected chi connectivity index (χ0v) is 9.95. The molecule has 1 aromatic carbocycles. The van der Waals surface area contributed by atoms with Gasteiger partial charge in [-0.1, -0.05) is 0 Å². The van der Waals surface area contributed by atoms with Gasteiger partial charge < -0.3 is 10.6 Å². The molecule has 0 aliphatic carbocycles. The summed E-state index contributed by atoms with van der Waals surface area (Å²) in [6, 6.07) is 3.08. The first kappa shape index (κ1) is 14.1. The Morgan fingerprint density at radius 1 is 1.33 bits per heavy atom. The zero-order valence-electron chi connectivity index (χ0n) is 9.95. The first-order valence-corrected chi connectivity index (χ1v) is 5.36. The SMILES string of the molecule is CN(CC(N)=O)C(=O)CCc1cc(F)ccc1F. The summed E-state index contributed by atoms with van der Waals surface area (Å²) in [5.74, 6) is -2.08. The van der Waals surface area contributed by atoms with Crippen LogP contribution in [-0.4, -0.2) is 30.3 Å². The normalized spacial score (nSPS) is 10.2. The molecule has 98 valence electrons. The number of nitrogens with zero attached hydrogens (tertiary/aromatic N) is 1. The van der Waals surface area contributed by atoms with E-state index >= 15 is 0 Å². The Balaban J connectivity index is 2.57. The minimum Gasteiger partial charge on any atom is -0.368 e. The molecular weight excluding hydrogens is 242 g/mol. The molecule has 18 heavy (non-hydrogen) atoms. The number of amides is 2. The van der Waals surface area contributed by atoms with Crippen molar-refractivity contribution in [2.24, 2.45) is 5.73 Å². The lowest BCUT2D eigenvalue weighted by Gasteiger charge is -2.14. The number of aryl methyl sites for hydroxylation is 1. The molecule has 0 aliphatic heterocycles. The third-order valence-electron chi connectivity index (χ3n) is 2.43. The highest BCUT2D eigenvalue weighted by atomic mass is 19.1. The topological polar surface area (TPSA) is 63.4 Å². The molecule has 0 bridgehead atoms. The fraction of sp³-hybridized carbons (Fsp3) is 0.333. The van der Waals surface area contributed by atoms with Gasteiger partial charge >= 0.3 is 0 Å². The van der Waals surface area contributed by atoms with Crippen molar-refractivity contribution in [2.75, 3.05) is 13.6 Å². The van der Waals surface area contributed by atoms with Crippen LogP contribution in [0.25, 0.3) is 0 Å². The number of carbonyl (C=O) groups is 2. The van der Waals surface area contributed by atoms with Gasteiger partial charge in [-0.3, -0.25) is 9.59 Å². The Bertz CT molecular complexity index is 463. The molecule has 0 saturated carbocycles. The lowest BCUT2D eigenvalue weighted by atomic mass is 10.1. The maximum Gasteiger partial charge on any atom is 0.237 e. The van der Waals surface area contributed by atoms with Gasteiger partial charge in [0.15, 0.2) is 0 Å². The first-order valence-electron chi connectivity index (χ1n) is 5.36. The molecule has 0 fully saturated rings. The van der Waals surface area contributed by atoms with Crippen molar-refractivity contribution < 1.29 is 18.4 Å². The highest BCUT2D eigenvalue weighted by Gasteiger charge is 2.12. The number of hydrogen-bond acceptors (Lipinski definition) is 2. The van der Waals surface area contributed by atoms with Crippen LogP contribution in [0.4, 0.5) is 8.78 Å². The lowest BCUT2D eigenvalue weighted by Crippen LogP contribution is -2.35. The molecule has 2 N–H and O–H groups in total. The van der Waals surface area contributed by atoms with Crippen LogP contribution >= 0.6 is 0 Å². The predicted molar refractivity (Wildman–Crippen MR) is 61.5 cm³/mol. The van der Waals surface area contributed by atoms with Crippen LogP contribution in [0, 0.1) is 11.6 Å². The summed E-state index contributed by atoms with van der Waals surface area (Å²) in [5, 5.41) is 0. The Morgan fingerprint density at radius 3 is 2.61 bits per heavy atom. The van der Waals surface area contributed by atoms with E-state index in [0.717, 1.165) is 23.1 Å². The number of likely N-dealkylation sites (N-methyl/N-ethyl adjacent to an activating group) is 1.